The molecule has 0 bridgehead atoms. The van der Waals surface area contributed by atoms with E-state index in [4.69, 9.17) is 11.6 Å². The standard InChI is InChI=1S/C25H28ClN5OS/c1-18-7-8-19(2)22(15-18)30-11-13-31(14-12-30)23-9-10-25(29-28-23)33-17-24(32)27-16-20-5-3-4-6-21(20)26/h3-10,15H,11-14,16-17H2,1-2H3,(H,27,32). The van der Waals surface area contributed by atoms with Crippen molar-refractivity contribution < 1.29 is 4.79 Å². The Hall–Kier alpha value is -2.77. The predicted octanol–water partition coefficient (Wildman–Crippen LogP) is 4.48. The van der Waals surface area contributed by atoms with Crippen LogP contribution in [0.1, 0.15) is 16.7 Å². The van der Waals surface area contributed by atoms with E-state index < -0.39 is 0 Å². The highest BCUT2D eigenvalue weighted by atomic mass is 35.5. The minimum Gasteiger partial charge on any atom is -0.368 e. The summed E-state index contributed by atoms with van der Waals surface area (Å²) in [5.41, 5.74) is 4.82. The lowest BCUT2D eigenvalue weighted by Gasteiger charge is -2.37. The van der Waals surface area contributed by atoms with Crippen LogP contribution in [-0.4, -0.2) is 48.0 Å². The van der Waals surface area contributed by atoms with Gasteiger partial charge in [-0.15, -0.1) is 10.2 Å². The van der Waals surface area contributed by atoms with Crippen LogP contribution in [0.5, 0.6) is 0 Å². The molecule has 172 valence electrons. The van der Waals surface area contributed by atoms with Crippen molar-refractivity contribution in [3.63, 3.8) is 0 Å². The van der Waals surface area contributed by atoms with Crippen molar-refractivity contribution in [3.8, 4) is 0 Å². The van der Waals surface area contributed by atoms with Gasteiger partial charge >= 0.3 is 0 Å². The molecule has 1 fully saturated rings. The number of nitrogens with zero attached hydrogens (tertiary/aromatic N) is 4. The molecule has 33 heavy (non-hydrogen) atoms. The van der Waals surface area contributed by atoms with Crippen molar-refractivity contribution in [2.45, 2.75) is 25.4 Å². The number of hydrogen-bond acceptors (Lipinski definition) is 6. The minimum atomic E-state index is -0.0617. The molecule has 8 heteroatoms. The van der Waals surface area contributed by atoms with Crippen molar-refractivity contribution >= 4 is 40.8 Å². The molecule has 2 aromatic carbocycles. The number of carbonyl (C=O) groups excluding carboxylic acids is 1. The second-order valence-corrected chi connectivity index (χ2v) is 9.55. The molecule has 0 spiro atoms. The predicted molar refractivity (Wildman–Crippen MR) is 136 cm³/mol. The van der Waals surface area contributed by atoms with Crippen LogP contribution in [0.3, 0.4) is 0 Å². The molecular weight excluding hydrogens is 454 g/mol. The van der Waals surface area contributed by atoms with Crippen LogP contribution < -0.4 is 15.1 Å². The van der Waals surface area contributed by atoms with Gasteiger partial charge in [0.15, 0.2) is 5.82 Å². The van der Waals surface area contributed by atoms with E-state index in [0.717, 1.165) is 42.6 Å². The van der Waals surface area contributed by atoms with Crippen molar-refractivity contribution in [3.05, 3.63) is 76.3 Å². The molecular formula is C25H28ClN5OS. The molecule has 1 aliphatic rings. The SMILES string of the molecule is Cc1ccc(C)c(N2CCN(c3ccc(SCC(=O)NCc4ccccc4Cl)nn3)CC2)c1. The Labute approximate surface area is 204 Å². The fraction of sp³-hybridized carbons (Fsp3) is 0.320. The molecule has 0 radical (unpaired) electrons. The third kappa shape index (κ3) is 6.18. The van der Waals surface area contributed by atoms with E-state index >= 15 is 0 Å². The number of rotatable bonds is 7. The van der Waals surface area contributed by atoms with Gasteiger partial charge in [-0.1, -0.05) is 53.7 Å². The number of benzene rings is 2. The fourth-order valence-corrected chi connectivity index (χ4v) is 4.67. The quantitative estimate of drug-likeness (QED) is 0.502. The number of anilines is 2. The van der Waals surface area contributed by atoms with Crippen LogP contribution >= 0.6 is 23.4 Å². The smallest absolute Gasteiger partial charge is 0.230 e. The van der Waals surface area contributed by atoms with Crippen LogP contribution in [0.4, 0.5) is 11.5 Å². The van der Waals surface area contributed by atoms with Crippen LogP contribution in [0.25, 0.3) is 0 Å². The Kier molecular flexibility index (Phi) is 7.73. The van der Waals surface area contributed by atoms with Gasteiger partial charge in [0.2, 0.25) is 5.91 Å². The van der Waals surface area contributed by atoms with E-state index in [1.807, 2.05) is 36.4 Å². The minimum absolute atomic E-state index is 0.0617. The molecule has 1 aliphatic heterocycles. The molecule has 3 aromatic rings. The monoisotopic (exact) mass is 481 g/mol. The van der Waals surface area contributed by atoms with Gasteiger partial charge in [-0.2, -0.15) is 0 Å². The van der Waals surface area contributed by atoms with Gasteiger partial charge in [0.05, 0.1) is 5.75 Å². The van der Waals surface area contributed by atoms with Gasteiger partial charge in [-0.25, -0.2) is 0 Å². The molecule has 6 nitrogen and oxygen atoms in total. The van der Waals surface area contributed by atoms with Crippen molar-refractivity contribution in [2.75, 3.05) is 41.7 Å². The Balaban J connectivity index is 1.24. The normalized spacial score (nSPS) is 13.8. The Bertz CT molecular complexity index is 1100. The number of aromatic nitrogens is 2. The zero-order valence-electron chi connectivity index (χ0n) is 18.9. The fourth-order valence-electron chi connectivity index (χ4n) is 3.82. The first-order chi connectivity index (χ1) is 16.0. The van der Waals surface area contributed by atoms with E-state index in [-0.39, 0.29) is 11.7 Å². The average Bonchev–Trinajstić information content (AvgIpc) is 2.84. The number of aryl methyl sites for hydroxylation is 2. The summed E-state index contributed by atoms with van der Waals surface area (Å²) in [6.07, 6.45) is 0. The maximum absolute atomic E-state index is 12.2. The average molecular weight is 482 g/mol. The zero-order chi connectivity index (χ0) is 23.2. The van der Waals surface area contributed by atoms with Crippen molar-refractivity contribution in [1.29, 1.82) is 0 Å². The van der Waals surface area contributed by atoms with Gasteiger partial charge in [-0.05, 0) is 54.8 Å². The molecule has 1 aromatic heterocycles. The van der Waals surface area contributed by atoms with Crippen LogP contribution in [0.15, 0.2) is 59.6 Å². The molecule has 0 atom stereocenters. The van der Waals surface area contributed by atoms with E-state index in [0.29, 0.717) is 11.6 Å². The number of thioether (sulfide) groups is 1. The second kappa shape index (κ2) is 10.9. The second-order valence-electron chi connectivity index (χ2n) is 8.15. The number of carbonyl (C=O) groups is 1. The summed E-state index contributed by atoms with van der Waals surface area (Å²) >= 11 is 7.51. The van der Waals surface area contributed by atoms with Crippen LogP contribution in [0.2, 0.25) is 5.02 Å². The van der Waals surface area contributed by atoms with Gasteiger partial charge in [-0.3, -0.25) is 4.79 Å². The molecule has 4 rings (SSSR count). The summed E-state index contributed by atoms with van der Waals surface area (Å²) in [5, 5.41) is 13.0. The third-order valence-electron chi connectivity index (χ3n) is 5.72. The van der Waals surface area contributed by atoms with Crippen LogP contribution in [0, 0.1) is 13.8 Å². The highest BCUT2D eigenvalue weighted by molar-refractivity contribution is 7.99. The maximum atomic E-state index is 12.2. The highest BCUT2D eigenvalue weighted by Crippen LogP contribution is 2.24. The van der Waals surface area contributed by atoms with E-state index in [1.165, 1.54) is 28.6 Å². The molecule has 2 heterocycles. The number of nitrogens with one attached hydrogen (secondary N) is 1. The number of hydrogen-bond donors (Lipinski definition) is 1. The summed E-state index contributed by atoms with van der Waals surface area (Å²) in [6, 6.07) is 18.0. The molecule has 0 aliphatic carbocycles. The lowest BCUT2D eigenvalue weighted by molar-refractivity contribution is -0.118. The van der Waals surface area contributed by atoms with Gasteiger partial charge in [0.25, 0.3) is 0 Å². The first-order valence-electron chi connectivity index (χ1n) is 11.0. The summed E-state index contributed by atoms with van der Waals surface area (Å²) < 4.78 is 0. The van der Waals surface area contributed by atoms with Crippen LogP contribution in [-0.2, 0) is 11.3 Å². The summed E-state index contributed by atoms with van der Waals surface area (Å²) in [7, 11) is 0. The number of piperazine rings is 1. The van der Waals surface area contributed by atoms with Gasteiger partial charge in [0, 0.05) is 43.4 Å². The lowest BCUT2D eigenvalue weighted by Crippen LogP contribution is -2.47. The Morgan fingerprint density at radius 1 is 1.00 bits per heavy atom. The first-order valence-corrected chi connectivity index (χ1v) is 12.4. The lowest BCUT2D eigenvalue weighted by atomic mass is 10.1. The van der Waals surface area contributed by atoms with Gasteiger partial charge < -0.3 is 15.1 Å². The van der Waals surface area contributed by atoms with E-state index in [1.54, 1.807) is 0 Å². The number of amides is 1. The number of halogens is 1. The Morgan fingerprint density at radius 3 is 2.48 bits per heavy atom. The molecule has 0 saturated carbocycles. The third-order valence-corrected chi connectivity index (χ3v) is 7.01. The van der Waals surface area contributed by atoms with Crippen molar-refractivity contribution in [1.82, 2.24) is 15.5 Å². The van der Waals surface area contributed by atoms with Crippen molar-refractivity contribution in [2.24, 2.45) is 0 Å². The molecule has 1 saturated heterocycles. The maximum Gasteiger partial charge on any atom is 0.230 e. The first kappa shape index (κ1) is 23.4. The topological polar surface area (TPSA) is 61.4 Å². The summed E-state index contributed by atoms with van der Waals surface area (Å²) in [5.74, 6) is 1.10. The zero-order valence-corrected chi connectivity index (χ0v) is 20.5. The van der Waals surface area contributed by atoms with E-state index in [9.17, 15) is 4.79 Å². The summed E-state index contributed by atoms with van der Waals surface area (Å²) in [6.45, 7) is 8.43. The largest absolute Gasteiger partial charge is 0.368 e. The van der Waals surface area contributed by atoms with E-state index in [2.05, 4.69) is 57.4 Å². The molecule has 1 N–H and O–H groups in total. The molecule has 1 amide bonds. The molecule has 0 unspecified atom stereocenters. The highest BCUT2D eigenvalue weighted by Gasteiger charge is 2.20. The van der Waals surface area contributed by atoms with Gasteiger partial charge in [0.1, 0.15) is 5.03 Å². The summed E-state index contributed by atoms with van der Waals surface area (Å²) in [4.78, 5) is 16.9. The Morgan fingerprint density at radius 2 is 1.76 bits per heavy atom.